The van der Waals surface area contributed by atoms with E-state index in [9.17, 15) is 0 Å². The third-order valence-corrected chi connectivity index (χ3v) is 21.8. The van der Waals surface area contributed by atoms with Gasteiger partial charge >= 0.3 is 6.85 Å². The molecule has 5 heteroatoms. The summed E-state index contributed by atoms with van der Waals surface area (Å²) >= 11 is 4.03. The Morgan fingerprint density at radius 2 is 0.949 bits per heavy atom. The molecule has 0 unspecified atom stereocenters. The smallest absolute Gasteiger partial charge is 0.334 e. The van der Waals surface area contributed by atoms with E-state index in [2.05, 4.69) is 258 Å². The second-order valence-corrected chi connectivity index (χ2v) is 30.7. The first-order valence-corrected chi connectivity index (χ1v) is 30.8. The summed E-state index contributed by atoms with van der Waals surface area (Å²) in [4.78, 5) is 5.56. The molecule has 4 heterocycles. The van der Waals surface area contributed by atoms with E-state index in [1.165, 1.54) is 155 Å². The molecule has 0 saturated heterocycles. The summed E-state index contributed by atoms with van der Waals surface area (Å²) in [7, 11) is 0. The predicted octanol–water partition coefficient (Wildman–Crippen LogP) is 20.6. The van der Waals surface area contributed by atoms with E-state index in [1.54, 1.807) is 0 Å². The Bertz CT molecular complexity index is 4150. The van der Waals surface area contributed by atoms with Crippen LogP contribution in [-0.2, 0) is 32.5 Å². The SMILES string of the molecule is CC(C)(C)c1ccc(N2B3c4c(cc(-c5ccccc5)cc4N(c4ccc(C(C)(C)C)cc4-c4ccccc4)c4sc5cc6c(cc5c43)C(C)(C)CCC6(C)C)-c3ccc4c(sc5cc6c(cc54)C(C)(C)CCC6(C)C)c32)cc1. The molecule has 4 aliphatic rings. The molecule has 2 nitrogen and oxygen atoms in total. The zero-order chi connectivity index (χ0) is 55.1. The van der Waals surface area contributed by atoms with Gasteiger partial charge in [0.05, 0.1) is 21.1 Å². The van der Waals surface area contributed by atoms with E-state index in [1.807, 2.05) is 22.7 Å². The van der Waals surface area contributed by atoms with Crippen LogP contribution in [0.2, 0.25) is 0 Å². The standard InChI is InChI=1S/C74H75BN2S2/c1-69(2,3)47-25-28-49(29-26-47)77-66-50(30-31-51-53-40-56-58(42-62(53)78-67(51)66)73(11,12)35-33-71(56,7)8)54-37-46(44-21-17-15-18-22-44)38-61-64(54)75(77)65-55-41-57-59(74(13,14)36-34-72(57,9)10)43-63(55)79-68(65)76(61)60-32-27-48(70(4,5)6)39-52(60)45-23-19-16-20-24-45/h15-32,37-43H,33-36H2,1-14H3. The lowest BCUT2D eigenvalue weighted by Crippen LogP contribution is -2.61. The highest BCUT2D eigenvalue weighted by atomic mass is 32.1. The normalized spacial score (nSPS) is 17.6. The average molecular weight is 1070 g/mol. The molecule has 0 bridgehead atoms. The fourth-order valence-corrected chi connectivity index (χ4v) is 16.9. The van der Waals surface area contributed by atoms with Gasteiger partial charge in [-0.25, -0.2) is 0 Å². The molecule has 2 aliphatic carbocycles. The lowest BCUT2D eigenvalue weighted by Gasteiger charge is -2.45. The Balaban J connectivity index is 1.16. The highest BCUT2D eigenvalue weighted by Gasteiger charge is 2.50. The van der Waals surface area contributed by atoms with Crippen molar-refractivity contribution in [2.45, 2.75) is 155 Å². The molecular weight excluding hydrogens is 992 g/mol. The molecule has 8 aromatic carbocycles. The molecule has 0 radical (unpaired) electrons. The van der Waals surface area contributed by atoms with Crippen molar-refractivity contribution in [1.29, 1.82) is 0 Å². The van der Waals surface area contributed by atoms with Crippen molar-refractivity contribution in [3.05, 3.63) is 185 Å². The molecule has 79 heavy (non-hydrogen) atoms. The van der Waals surface area contributed by atoms with Crippen LogP contribution in [0.1, 0.15) is 156 Å². The first-order valence-electron chi connectivity index (χ1n) is 29.2. The quantitative estimate of drug-likeness (QED) is 0.162. The Hall–Kier alpha value is -6.40. The number of anilines is 5. The van der Waals surface area contributed by atoms with Crippen LogP contribution in [0.5, 0.6) is 0 Å². The highest BCUT2D eigenvalue weighted by molar-refractivity contribution is 7.27. The Morgan fingerprint density at radius 3 is 1.53 bits per heavy atom. The zero-order valence-electron chi connectivity index (χ0n) is 49.1. The Morgan fingerprint density at radius 1 is 0.418 bits per heavy atom. The molecule has 0 atom stereocenters. The van der Waals surface area contributed by atoms with Crippen molar-refractivity contribution in [2.24, 2.45) is 0 Å². The zero-order valence-corrected chi connectivity index (χ0v) is 50.7. The van der Waals surface area contributed by atoms with Gasteiger partial charge in [0.15, 0.2) is 0 Å². The third-order valence-electron chi connectivity index (χ3n) is 19.5. The van der Waals surface area contributed by atoms with Crippen LogP contribution in [0.15, 0.2) is 152 Å². The van der Waals surface area contributed by atoms with Gasteiger partial charge in [0, 0.05) is 42.7 Å². The van der Waals surface area contributed by atoms with Crippen LogP contribution in [-0.4, -0.2) is 6.85 Å². The fraction of sp³-hybridized carbons (Fsp3) is 0.324. The molecular formula is C74H75BN2S2. The van der Waals surface area contributed by atoms with Crippen LogP contribution in [0, 0.1) is 0 Å². The van der Waals surface area contributed by atoms with E-state index < -0.39 is 0 Å². The second-order valence-electron chi connectivity index (χ2n) is 28.7. The molecule has 0 saturated carbocycles. The van der Waals surface area contributed by atoms with Gasteiger partial charge < -0.3 is 9.71 Å². The van der Waals surface area contributed by atoms with Crippen molar-refractivity contribution >= 4 is 98.5 Å². The van der Waals surface area contributed by atoms with Gasteiger partial charge in [0.25, 0.3) is 0 Å². The van der Waals surface area contributed by atoms with Gasteiger partial charge in [0.2, 0.25) is 0 Å². The van der Waals surface area contributed by atoms with Crippen LogP contribution in [0.25, 0.3) is 63.6 Å². The number of benzene rings is 8. The maximum absolute atomic E-state index is 2.83. The lowest BCUT2D eigenvalue weighted by atomic mass is 9.43. The van der Waals surface area contributed by atoms with Crippen LogP contribution >= 0.6 is 22.7 Å². The lowest BCUT2D eigenvalue weighted by molar-refractivity contribution is 0.332. The van der Waals surface area contributed by atoms with Crippen LogP contribution in [0.4, 0.5) is 27.8 Å². The topological polar surface area (TPSA) is 6.48 Å². The van der Waals surface area contributed by atoms with Gasteiger partial charge in [-0.1, -0.05) is 188 Å². The van der Waals surface area contributed by atoms with Gasteiger partial charge in [-0.2, -0.15) is 0 Å². The van der Waals surface area contributed by atoms with E-state index >= 15 is 0 Å². The highest BCUT2D eigenvalue weighted by Crippen LogP contribution is 2.58. The van der Waals surface area contributed by atoms with Crippen molar-refractivity contribution < 1.29 is 0 Å². The molecule has 0 amide bonds. The molecule has 0 spiro atoms. The van der Waals surface area contributed by atoms with Crippen molar-refractivity contribution in [3.8, 4) is 33.4 Å². The average Bonchev–Trinajstić information content (AvgIpc) is 4.25. The number of fused-ring (bicyclic) bond motifs is 12. The molecule has 396 valence electrons. The number of rotatable bonds is 4. The van der Waals surface area contributed by atoms with Gasteiger partial charge in [0.1, 0.15) is 0 Å². The summed E-state index contributed by atoms with van der Waals surface area (Å²) in [6.07, 6.45) is 4.73. The Labute approximate surface area is 478 Å². The molecule has 14 rings (SSSR count). The molecule has 10 aromatic rings. The number of hydrogen-bond donors (Lipinski definition) is 0. The molecule has 2 aromatic heterocycles. The first kappa shape index (κ1) is 50.8. The van der Waals surface area contributed by atoms with Crippen LogP contribution in [0.3, 0.4) is 0 Å². The van der Waals surface area contributed by atoms with Crippen molar-refractivity contribution in [1.82, 2.24) is 0 Å². The number of nitrogens with zero attached hydrogens (tertiary/aromatic N) is 2. The minimum absolute atomic E-state index is 0.00605. The summed E-state index contributed by atoms with van der Waals surface area (Å²) < 4.78 is 4.13. The van der Waals surface area contributed by atoms with Crippen molar-refractivity contribution in [2.75, 3.05) is 9.71 Å². The summed E-state index contributed by atoms with van der Waals surface area (Å²) in [5, 5.41) is 5.44. The monoisotopic (exact) mass is 1070 g/mol. The van der Waals surface area contributed by atoms with E-state index in [-0.39, 0.29) is 39.3 Å². The van der Waals surface area contributed by atoms with E-state index in [0.717, 1.165) is 6.42 Å². The largest absolute Gasteiger partial charge is 0.375 e. The first-order chi connectivity index (χ1) is 37.4. The fourth-order valence-electron chi connectivity index (χ4n) is 14.4. The minimum atomic E-state index is -0.142. The van der Waals surface area contributed by atoms with Gasteiger partial charge in [-0.15, -0.1) is 22.7 Å². The van der Waals surface area contributed by atoms with E-state index in [0.29, 0.717) is 0 Å². The molecule has 0 fully saturated rings. The molecule has 2 aliphatic heterocycles. The second kappa shape index (κ2) is 17.1. The Kier molecular flexibility index (Phi) is 11.0. The number of thiophene rings is 2. The molecule has 0 N–H and O–H groups in total. The predicted molar refractivity (Wildman–Crippen MR) is 347 cm³/mol. The summed E-state index contributed by atoms with van der Waals surface area (Å²) in [5.41, 5.74) is 24.4. The maximum atomic E-state index is 2.83. The summed E-state index contributed by atoms with van der Waals surface area (Å²) in [5.74, 6) is 0. The van der Waals surface area contributed by atoms with E-state index in [4.69, 9.17) is 0 Å². The van der Waals surface area contributed by atoms with Gasteiger partial charge in [-0.3, -0.25) is 0 Å². The van der Waals surface area contributed by atoms with Crippen molar-refractivity contribution in [3.63, 3.8) is 0 Å². The maximum Gasteiger partial charge on any atom is 0.334 e. The summed E-state index contributed by atoms with van der Waals surface area (Å²) in [6, 6.07) is 60.1. The summed E-state index contributed by atoms with van der Waals surface area (Å²) in [6.45, 7) is 33.8. The number of hydrogen-bond acceptors (Lipinski definition) is 4. The van der Waals surface area contributed by atoms with Crippen LogP contribution < -0.4 is 20.6 Å². The minimum Gasteiger partial charge on any atom is -0.375 e. The third kappa shape index (κ3) is 7.75. The van der Waals surface area contributed by atoms with Gasteiger partial charge in [-0.05, 0) is 191 Å².